The highest BCUT2D eigenvalue weighted by Gasteiger charge is 2.15. The third-order valence-electron chi connectivity index (χ3n) is 4.77. The molecule has 8 heteroatoms. The first-order chi connectivity index (χ1) is 15.0. The number of carbonyl (C=O) groups is 1. The van der Waals surface area contributed by atoms with Crippen LogP contribution in [0.3, 0.4) is 0 Å². The highest BCUT2D eigenvalue weighted by Crippen LogP contribution is 2.38. The summed E-state index contributed by atoms with van der Waals surface area (Å²) in [6, 6.07) is 10.0. The maximum Gasteiger partial charge on any atom is 0.336 e. The summed E-state index contributed by atoms with van der Waals surface area (Å²) in [5.74, 6) is 1.69. The third kappa shape index (κ3) is 5.09. The fourth-order valence-electron chi connectivity index (χ4n) is 3.21. The van der Waals surface area contributed by atoms with Gasteiger partial charge in [0, 0.05) is 29.5 Å². The number of methoxy groups -OCH3 is 4. The number of hydrogen-bond acceptors (Lipinski definition) is 8. The molecule has 3 aromatic rings. The minimum absolute atomic E-state index is 0.0392. The first kappa shape index (κ1) is 22.0. The number of fused-ring (bicyclic) bond motifs is 1. The fraction of sp³-hybridized carbons (Fsp3) is 0.304. The highest BCUT2D eigenvalue weighted by atomic mass is 16.5. The zero-order chi connectivity index (χ0) is 22.4. The van der Waals surface area contributed by atoms with E-state index in [2.05, 4.69) is 0 Å². The van der Waals surface area contributed by atoms with E-state index < -0.39 is 11.6 Å². The van der Waals surface area contributed by atoms with Gasteiger partial charge in [0.15, 0.2) is 11.5 Å². The Morgan fingerprint density at radius 2 is 1.61 bits per heavy atom. The van der Waals surface area contributed by atoms with Crippen LogP contribution in [0.4, 0.5) is 0 Å². The molecular weight excluding hydrogens is 404 g/mol. The monoisotopic (exact) mass is 428 g/mol. The molecule has 0 atom stereocenters. The number of hydrogen-bond donors (Lipinski definition) is 0. The van der Waals surface area contributed by atoms with Gasteiger partial charge in [-0.3, -0.25) is 4.79 Å². The van der Waals surface area contributed by atoms with Crippen molar-refractivity contribution in [1.29, 1.82) is 0 Å². The Balaban J connectivity index is 1.68. The zero-order valence-electron chi connectivity index (χ0n) is 17.9. The maximum atomic E-state index is 12.3. The van der Waals surface area contributed by atoms with Gasteiger partial charge in [-0.15, -0.1) is 0 Å². The predicted molar refractivity (Wildman–Crippen MR) is 113 cm³/mol. The van der Waals surface area contributed by atoms with Gasteiger partial charge in [-0.05, 0) is 36.2 Å². The Labute approximate surface area is 179 Å². The molecular formula is C23H24O8. The molecule has 0 N–H and O–H groups in total. The molecule has 1 aromatic heterocycles. The second-order valence-electron chi connectivity index (χ2n) is 6.65. The number of ether oxygens (including phenoxy) is 5. The van der Waals surface area contributed by atoms with Crippen LogP contribution in [0.2, 0.25) is 0 Å². The van der Waals surface area contributed by atoms with Crippen molar-refractivity contribution in [2.24, 2.45) is 0 Å². The second kappa shape index (κ2) is 9.88. The van der Waals surface area contributed by atoms with Crippen LogP contribution in [0.5, 0.6) is 23.0 Å². The minimum atomic E-state index is -0.524. The van der Waals surface area contributed by atoms with Gasteiger partial charge < -0.3 is 28.1 Å². The van der Waals surface area contributed by atoms with Crippen LogP contribution in [0.15, 0.2) is 45.6 Å². The predicted octanol–water partition coefficient (Wildman–Crippen LogP) is 3.50. The SMILES string of the molecule is COc1ccc2c(COC(=O)CCc3cc(OC)c(OC)c(OC)c3)cc(=O)oc2c1. The van der Waals surface area contributed by atoms with Crippen molar-refractivity contribution in [1.82, 2.24) is 0 Å². The molecule has 31 heavy (non-hydrogen) atoms. The molecule has 0 fully saturated rings. The first-order valence-corrected chi connectivity index (χ1v) is 9.54. The number of benzene rings is 2. The van der Waals surface area contributed by atoms with E-state index in [-0.39, 0.29) is 13.0 Å². The molecule has 0 unspecified atom stereocenters. The van der Waals surface area contributed by atoms with Crippen LogP contribution < -0.4 is 24.6 Å². The van der Waals surface area contributed by atoms with Gasteiger partial charge in [0.05, 0.1) is 28.4 Å². The van der Waals surface area contributed by atoms with Crippen LogP contribution in [0.25, 0.3) is 11.0 Å². The minimum Gasteiger partial charge on any atom is -0.497 e. The summed E-state index contributed by atoms with van der Waals surface area (Å²) >= 11 is 0. The van der Waals surface area contributed by atoms with Gasteiger partial charge in [0.25, 0.3) is 0 Å². The standard InChI is InChI=1S/C23H24O8/c1-26-16-6-7-17-15(11-22(25)31-18(17)12-16)13-30-21(24)8-5-14-9-19(27-2)23(29-4)20(10-14)28-3/h6-7,9-12H,5,8,13H2,1-4H3. The van der Waals surface area contributed by atoms with Crippen molar-refractivity contribution < 1.29 is 32.9 Å². The summed E-state index contributed by atoms with van der Waals surface area (Å²) in [6.07, 6.45) is 0.566. The zero-order valence-corrected chi connectivity index (χ0v) is 17.9. The van der Waals surface area contributed by atoms with Crippen LogP contribution in [0.1, 0.15) is 17.5 Å². The molecule has 0 radical (unpaired) electrons. The van der Waals surface area contributed by atoms with E-state index in [9.17, 15) is 9.59 Å². The van der Waals surface area contributed by atoms with E-state index in [0.29, 0.717) is 46.0 Å². The van der Waals surface area contributed by atoms with Crippen LogP contribution in [0, 0.1) is 0 Å². The van der Waals surface area contributed by atoms with Crippen molar-refractivity contribution in [2.45, 2.75) is 19.4 Å². The molecule has 3 rings (SSSR count). The molecule has 2 aromatic carbocycles. The Hall–Kier alpha value is -3.68. The maximum absolute atomic E-state index is 12.3. The lowest BCUT2D eigenvalue weighted by atomic mass is 10.1. The smallest absolute Gasteiger partial charge is 0.336 e. The first-order valence-electron chi connectivity index (χ1n) is 9.54. The third-order valence-corrected chi connectivity index (χ3v) is 4.77. The van der Waals surface area contributed by atoms with Crippen LogP contribution in [-0.2, 0) is 22.6 Å². The Morgan fingerprint density at radius 1 is 0.903 bits per heavy atom. The lowest BCUT2D eigenvalue weighted by Gasteiger charge is -2.14. The molecule has 0 aliphatic heterocycles. The van der Waals surface area contributed by atoms with Crippen LogP contribution >= 0.6 is 0 Å². The quantitative estimate of drug-likeness (QED) is 0.378. The molecule has 0 saturated carbocycles. The summed E-state index contributed by atoms with van der Waals surface area (Å²) < 4.78 is 31.7. The lowest BCUT2D eigenvalue weighted by Crippen LogP contribution is -2.08. The van der Waals surface area contributed by atoms with Crippen molar-refractivity contribution in [2.75, 3.05) is 28.4 Å². The van der Waals surface area contributed by atoms with Crippen molar-refractivity contribution in [3.05, 3.63) is 57.9 Å². The summed E-state index contributed by atoms with van der Waals surface area (Å²) in [7, 11) is 6.12. The number of aryl methyl sites for hydroxylation is 1. The van der Waals surface area contributed by atoms with Gasteiger partial charge in [0.1, 0.15) is 17.9 Å². The molecule has 0 amide bonds. The fourth-order valence-corrected chi connectivity index (χ4v) is 3.21. The molecule has 0 aliphatic rings. The van der Waals surface area contributed by atoms with Crippen LogP contribution in [-0.4, -0.2) is 34.4 Å². The van der Waals surface area contributed by atoms with Gasteiger partial charge >= 0.3 is 11.6 Å². The summed E-state index contributed by atoms with van der Waals surface area (Å²) in [6.45, 7) is -0.0392. The van der Waals surface area contributed by atoms with E-state index in [4.69, 9.17) is 28.1 Å². The van der Waals surface area contributed by atoms with E-state index in [1.807, 2.05) is 0 Å². The normalized spacial score (nSPS) is 10.6. The van der Waals surface area contributed by atoms with Crippen molar-refractivity contribution in [3.8, 4) is 23.0 Å². The van der Waals surface area contributed by atoms with Gasteiger partial charge in [0.2, 0.25) is 5.75 Å². The van der Waals surface area contributed by atoms with E-state index in [1.165, 1.54) is 34.5 Å². The Kier molecular flexibility index (Phi) is 7.02. The molecule has 8 nitrogen and oxygen atoms in total. The summed E-state index contributed by atoms with van der Waals surface area (Å²) in [5.41, 5.74) is 1.25. The van der Waals surface area contributed by atoms with E-state index in [1.54, 1.807) is 30.3 Å². The van der Waals surface area contributed by atoms with E-state index in [0.717, 1.165) is 5.56 Å². The van der Waals surface area contributed by atoms with Gasteiger partial charge in [-0.1, -0.05) is 0 Å². The summed E-state index contributed by atoms with van der Waals surface area (Å²) in [4.78, 5) is 24.2. The molecule has 0 spiro atoms. The Morgan fingerprint density at radius 3 is 2.23 bits per heavy atom. The van der Waals surface area contributed by atoms with Crippen molar-refractivity contribution >= 4 is 16.9 Å². The van der Waals surface area contributed by atoms with Gasteiger partial charge in [-0.2, -0.15) is 0 Å². The number of carbonyl (C=O) groups excluding carboxylic acids is 1. The molecule has 0 aliphatic carbocycles. The highest BCUT2D eigenvalue weighted by molar-refractivity contribution is 5.81. The summed E-state index contributed by atoms with van der Waals surface area (Å²) in [5, 5.41) is 0.679. The number of rotatable bonds is 9. The van der Waals surface area contributed by atoms with E-state index >= 15 is 0 Å². The largest absolute Gasteiger partial charge is 0.497 e. The topological polar surface area (TPSA) is 93.4 Å². The average molecular weight is 428 g/mol. The lowest BCUT2D eigenvalue weighted by molar-refractivity contribution is -0.144. The molecule has 164 valence electrons. The number of esters is 1. The van der Waals surface area contributed by atoms with Crippen molar-refractivity contribution in [3.63, 3.8) is 0 Å². The molecule has 1 heterocycles. The van der Waals surface area contributed by atoms with Gasteiger partial charge in [-0.25, -0.2) is 4.79 Å². The average Bonchev–Trinajstić information content (AvgIpc) is 2.79. The second-order valence-corrected chi connectivity index (χ2v) is 6.65. The Bertz CT molecular complexity index is 1110. The molecule has 0 saturated heterocycles. The molecule has 0 bridgehead atoms.